The molecule has 0 spiro atoms. The van der Waals surface area contributed by atoms with E-state index in [1.165, 1.54) is 0 Å². The normalized spacial score (nSPS) is 16.1. The van der Waals surface area contributed by atoms with Crippen LogP contribution in [0.3, 0.4) is 0 Å². The standard InChI is InChI=1S/C20H28N4O/c1-16(2)15-23-12-8-17(9-13-23)21-20(25)22-18-6-5-7-19(14-18)24-10-3-4-11-24/h3-7,10-11,14,16-17H,8-9,12-13,15H2,1-2H3,(H2,21,22,25). The minimum Gasteiger partial charge on any atom is -0.335 e. The zero-order chi connectivity index (χ0) is 17.6. The third-order valence-corrected chi connectivity index (χ3v) is 4.55. The SMILES string of the molecule is CC(C)CN1CCC(NC(=O)Nc2cccc(-n3cccc3)c2)CC1. The summed E-state index contributed by atoms with van der Waals surface area (Å²) >= 11 is 0. The molecule has 2 aromatic rings. The highest BCUT2D eigenvalue weighted by molar-refractivity contribution is 5.89. The van der Waals surface area contributed by atoms with Gasteiger partial charge in [-0.05, 0) is 49.1 Å². The Bertz CT molecular complexity index is 673. The Hall–Kier alpha value is -2.27. The number of nitrogens with one attached hydrogen (secondary N) is 2. The number of carbonyl (C=O) groups excluding carboxylic acids is 1. The van der Waals surface area contributed by atoms with Crippen molar-refractivity contribution in [3.05, 3.63) is 48.8 Å². The summed E-state index contributed by atoms with van der Waals surface area (Å²) in [5, 5.41) is 6.07. The van der Waals surface area contributed by atoms with Crippen molar-refractivity contribution in [2.75, 3.05) is 25.0 Å². The molecule has 2 amide bonds. The third-order valence-electron chi connectivity index (χ3n) is 4.55. The van der Waals surface area contributed by atoms with Crippen LogP contribution in [-0.2, 0) is 0 Å². The van der Waals surface area contributed by atoms with Gasteiger partial charge in [0, 0.05) is 49.4 Å². The minimum atomic E-state index is -0.119. The molecule has 1 aliphatic heterocycles. The van der Waals surface area contributed by atoms with Crippen LogP contribution in [-0.4, -0.2) is 41.2 Å². The second-order valence-corrected chi connectivity index (χ2v) is 7.21. The first kappa shape index (κ1) is 17.5. The Labute approximate surface area is 150 Å². The van der Waals surface area contributed by atoms with E-state index in [0.29, 0.717) is 5.92 Å². The molecule has 134 valence electrons. The zero-order valence-corrected chi connectivity index (χ0v) is 15.1. The van der Waals surface area contributed by atoms with Crippen LogP contribution >= 0.6 is 0 Å². The first-order valence-corrected chi connectivity index (χ1v) is 9.13. The summed E-state index contributed by atoms with van der Waals surface area (Å²) in [4.78, 5) is 14.8. The summed E-state index contributed by atoms with van der Waals surface area (Å²) in [5.74, 6) is 0.695. The fourth-order valence-corrected chi connectivity index (χ4v) is 3.38. The average Bonchev–Trinajstić information content (AvgIpc) is 3.11. The lowest BCUT2D eigenvalue weighted by atomic mass is 10.0. The molecule has 0 bridgehead atoms. The minimum absolute atomic E-state index is 0.119. The molecule has 5 nitrogen and oxygen atoms in total. The number of aromatic nitrogens is 1. The van der Waals surface area contributed by atoms with Crippen LogP contribution in [0.1, 0.15) is 26.7 Å². The van der Waals surface area contributed by atoms with Gasteiger partial charge >= 0.3 is 6.03 Å². The fourth-order valence-electron chi connectivity index (χ4n) is 3.38. The molecule has 2 heterocycles. The molecule has 1 aromatic carbocycles. The number of nitrogens with zero attached hydrogens (tertiary/aromatic N) is 2. The summed E-state index contributed by atoms with van der Waals surface area (Å²) in [5.41, 5.74) is 1.84. The molecule has 1 saturated heterocycles. The molecule has 5 heteroatoms. The number of urea groups is 1. The predicted molar refractivity (Wildman–Crippen MR) is 102 cm³/mol. The van der Waals surface area contributed by atoms with E-state index in [1.807, 2.05) is 53.4 Å². The lowest BCUT2D eigenvalue weighted by Gasteiger charge is -2.33. The maximum atomic E-state index is 12.3. The van der Waals surface area contributed by atoms with Gasteiger partial charge in [0.05, 0.1) is 0 Å². The van der Waals surface area contributed by atoms with E-state index < -0.39 is 0 Å². The lowest BCUT2D eigenvalue weighted by molar-refractivity contribution is 0.180. The second-order valence-electron chi connectivity index (χ2n) is 7.21. The Morgan fingerprint density at radius 3 is 2.56 bits per heavy atom. The van der Waals surface area contributed by atoms with Gasteiger partial charge in [-0.25, -0.2) is 4.79 Å². The fraction of sp³-hybridized carbons (Fsp3) is 0.450. The molecule has 1 aromatic heterocycles. The third kappa shape index (κ3) is 5.10. The Morgan fingerprint density at radius 2 is 1.88 bits per heavy atom. The molecular formula is C20H28N4O. The van der Waals surface area contributed by atoms with Gasteiger partial charge in [-0.2, -0.15) is 0 Å². The summed E-state index contributed by atoms with van der Waals surface area (Å²) < 4.78 is 2.02. The lowest BCUT2D eigenvalue weighted by Crippen LogP contribution is -2.46. The van der Waals surface area contributed by atoms with Gasteiger partial charge in [0.1, 0.15) is 0 Å². The van der Waals surface area contributed by atoms with Gasteiger partial charge in [-0.1, -0.05) is 19.9 Å². The number of anilines is 1. The summed E-state index contributed by atoms with van der Waals surface area (Å²) in [6.45, 7) is 7.77. The highest BCUT2D eigenvalue weighted by Gasteiger charge is 2.21. The van der Waals surface area contributed by atoms with Crippen molar-refractivity contribution in [1.29, 1.82) is 0 Å². The molecule has 3 rings (SSSR count). The van der Waals surface area contributed by atoms with Crippen molar-refractivity contribution in [1.82, 2.24) is 14.8 Å². The van der Waals surface area contributed by atoms with Crippen LogP contribution in [0.4, 0.5) is 10.5 Å². The maximum absolute atomic E-state index is 12.3. The van der Waals surface area contributed by atoms with Crippen LogP contribution < -0.4 is 10.6 Å². The summed E-state index contributed by atoms with van der Waals surface area (Å²) in [6.07, 6.45) is 6.02. The van der Waals surface area contributed by atoms with E-state index >= 15 is 0 Å². The van der Waals surface area contributed by atoms with Crippen LogP contribution in [0.5, 0.6) is 0 Å². The van der Waals surface area contributed by atoms with E-state index in [4.69, 9.17) is 0 Å². The molecule has 1 fully saturated rings. The van der Waals surface area contributed by atoms with Crippen molar-refractivity contribution in [2.45, 2.75) is 32.7 Å². The van der Waals surface area contributed by atoms with E-state index in [-0.39, 0.29) is 12.1 Å². The van der Waals surface area contributed by atoms with Crippen LogP contribution in [0, 0.1) is 5.92 Å². The number of hydrogen-bond acceptors (Lipinski definition) is 2. The number of amides is 2. The van der Waals surface area contributed by atoms with Gasteiger partial charge in [-0.15, -0.1) is 0 Å². The monoisotopic (exact) mass is 340 g/mol. The predicted octanol–water partition coefficient (Wildman–Crippen LogP) is 3.72. The Morgan fingerprint density at radius 1 is 1.16 bits per heavy atom. The average molecular weight is 340 g/mol. The molecule has 0 atom stereocenters. The largest absolute Gasteiger partial charge is 0.335 e. The summed E-state index contributed by atoms with van der Waals surface area (Å²) in [7, 11) is 0. The van der Waals surface area contributed by atoms with Crippen molar-refractivity contribution in [3.63, 3.8) is 0 Å². The number of carbonyl (C=O) groups is 1. The van der Waals surface area contributed by atoms with E-state index in [1.54, 1.807) is 0 Å². The Balaban J connectivity index is 1.49. The van der Waals surface area contributed by atoms with Crippen LogP contribution in [0.15, 0.2) is 48.8 Å². The van der Waals surface area contributed by atoms with Crippen molar-refractivity contribution >= 4 is 11.7 Å². The van der Waals surface area contributed by atoms with Crippen LogP contribution in [0.2, 0.25) is 0 Å². The topological polar surface area (TPSA) is 49.3 Å². The first-order chi connectivity index (χ1) is 12.1. The van der Waals surface area contributed by atoms with E-state index in [9.17, 15) is 4.79 Å². The zero-order valence-electron chi connectivity index (χ0n) is 15.1. The molecule has 0 radical (unpaired) electrons. The van der Waals surface area contributed by atoms with Crippen LogP contribution in [0.25, 0.3) is 5.69 Å². The Kier molecular flexibility index (Phi) is 5.76. The van der Waals surface area contributed by atoms with Gasteiger partial charge in [-0.3, -0.25) is 0 Å². The van der Waals surface area contributed by atoms with Gasteiger partial charge in [0.2, 0.25) is 0 Å². The highest BCUT2D eigenvalue weighted by Crippen LogP contribution is 2.16. The molecular weight excluding hydrogens is 312 g/mol. The van der Waals surface area contributed by atoms with Crippen molar-refractivity contribution in [3.8, 4) is 5.69 Å². The number of piperidine rings is 1. The molecule has 2 N–H and O–H groups in total. The van der Waals surface area contributed by atoms with Crippen molar-refractivity contribution in [2.24, 2.45) is 5.92 Å². The van der Waals surface area contributed by atoms with Gasteiger partial charge in [0.25, 0.3) is 0 Å². The second kappa shape index (κ2) is 8.21. The van der Waals surface area contributed by atoms with E-state index in [2.05, 4.69) is 29.4 Å². The molecule has 0 unspecified atom stereocenters. The number of rotatable bonds is 5. The first-order valence-electron chi connectivity index (χ1n) is 9.13. The number of likely N-dealkylation sites (tertiary alicyclic amines) is 1. The van der Waals surface area contributed by atoms with Crippen molar-refractivity contribution < 1.29 is 4.79 Å². The quantitative estimate of drug-likeness (QED) is 0.871. The van der Waals surface area contributed by atoms with E-state index in [0.717, 1.165) is 43.9 Å². The highest BCUT2D eigenvalue weighted by atomic mass is 16.2. The molecule has 0 saturated carbocycles. The molecule has 25 heavy (non-hydrogen) atoms. The maximum Gasteiger partial charge on any atom is 0.319 e. The van der Waals surface area contributed by atoms with Gasteiger partial charge in [0.15, 0.2) is 0 Å². The summed E-state index contributed by atoms with van der Waals surface area (Å²) in [6, 6.07) is 12.0. The smallest absolute Gasteiger partial charge is 0.319 e. The number of benzene rings is 1. The number of hydrogen-bond donors (Lipinski definition) is 2. The molecule has 1 aliphatic rings. The molecule has 0 aliphatic carbocycles. The van der Waals surface area contributed by atoms with Gasteiger partial charge < -0.3 is 20.1 Å².